The van der Waals surface area contributed by atoms with Gasteiger partial charge in [-0.05, 0) is 25.2 Å². The summed E-state index contributed by atoms with van der Waals surface area (Å²) >= 11 is 0. The molecule has 0 radical (unpaired) electrons. The number of benzene rings is 1. The number of aliphatic imine (C=N–C) groups is 1. The summed E-state index contributed by atoms with van der Waals surface area (Å²) in [5.41, 5.74) is 6.40. The second kappa shape index (κ2) is 5.69. The summed E-state index contributed by atoms with van der Waals surface area (Å²) in [7, 11) is 2.07. The number of halogens is 1. The lowest BCUT2D eigenvalue weighted by Gasteiger charge is -2.34. The SMILES string of the molecule is CN1CCN(c2ccc(C3=NCC(=O)NN3)cc2F)CC1. The minimum absolute atomic E-state index is 0.0597. The highest BCUT2D eigenvalue weighted by atomic mass is 19.1. The van der Waals surface area contributed by atoms with Crippen LogP contribution < -0.4 is 15.8 Å². The number of carbonyl (C=O) groups is 1. The van der Waals surface area contributed by atoms with Crippen LogP contribution in [-0.2, 0) is 4.79 Å². The van der Waals surface area contributed by atoms with Crippen LogP contribution in [0.5, 0.6) is 0 Å². The Morgan fingerprint density at radius 3 is 2.57 bits per heavy atom. The zero-order chi connectivity index (χ0) is 14.8. The molecule has 0 unspecified atom stereocenters. The molecular weight excluding hydrogens is 273 g/mol. The summed E-state index contributed by atoms with van der Waals surface area (Å²) in [6, 6.07) is 5.05. The number of hydrazine groups is 1. The van der Waals surface area contributed by atoms with Gasteiger partial charge < -0.3 is 9.80 Å². The fourth-order valence-electron chi connectivity index (χ4n) is 2.48. The Kier molecular flexibility index (Phi) is 3.74. The Labute approximate surface area is 122 Å². The molecule has 3 rings (SSSR count). The van der Waals surface area contributed by atoms with Crippen LogP contribution in [0.1, 0.15) is 5.56 Å². The molecule has 0 spiro atoms. The molecule has 1 aromatic rings. The van der Waals surface area contributed by atoms with Gasteiger partial charge >= 0.3 is 0 Å². The van der Waals surface area contributed by atoms with Gasteiger partial charge in [0.1, 0.15) is 18.2 Å². The van der Waals surface area contributed by atoms with Gasteiger partial charge in [0.05, 0.1) is 5.69 Å². The number of nitrogens with zero attached hydrogens (tertiary/aromatic N) is 3. The first-order valence-electron chi connectivity index (χ1n) is 6.96. The van der Waals surface area contributed by atoms with E-state index < -0.39 is 0 Å². The maximum Gasteiger partial charge on any atom is 0.260 e. The third kappa shape index (κ3) is 2.97. The lowest BCUT2D eigenvalue weighted by molar-refractivity contribution is -0.120. The predicted molar refractivity (Wildman–Crippen MR) is 78.8 cm³/mol. The highest BCUT2D eigenvalue weighted by molar-refractivity contribution is 6.02. The Morgan fingerprint density at radius 1 is 1.19 bits per heavy atom. The zero-order valence-corrected chi connectivity index (χ0v) is 11.9. The van der Waals surface area contributed by atoms with Crippen LogP contribution in [0, 0.1) is 5.82 Å². The van der Waals surface area contributed by atoms with E-state index in [1.54, 1.807) is 6.07 Å². The van der Waals surface area contributed by atoms with E-state index in [0.717, 1.165) is 26.2 Å². The molecule has 112 valence electrons. The van der Waals surface area contributed by atoms with Crippen LogP contribution in [0.2, 0.25) is 0 Å². The number of likely N-dealkylation sites (N-methyl/N-ethyl adjacent to an activating group) is 1. The van der Waals surface area contributed by atoms with Crippen molar-refractivity contribution in [3.8, 4) is 0 Å². The number of hydrogen-bond donors (Lipinski definition) is 2. The highest BCUT2D eigenvalue weighted by Crippen LogP contribution is 2.22. The molecule has 2 N–H and O–H groups in total. The fraction of sp³-hybridized carbons (Fsp3) is 0.429. The first-order chi connectivity index (χ1) is 10.1. The molecule has 2 aliphatic rings. The third-order valence-corrected chi connectivity index (χ3v) is 3.77. The highest BCUT2D eigenvalue weighted by Gasteiger charge is 2.19. The molecule has 2 aliphatic heterocycles. The number of carbonyl (C=O) groups excluding carboxylic acids is 1. The lowest BCUT2D eigenvalue weighted by Crippen LogP contribution is -2.47. The van der Waals surface area contributed by atoms with Crippen molar-refractivity contribution in [3.05, 3.63) is 29.6 Å². The first kappa shape index (κ1) is 13.8. The first-order valence-corrected chi connectivity index (χ1v) is 6.96. The van der Waals surface area contributed by atoms with E-state index in [2.05, 4.69) is 32.7 Å². The van der Waals surface area contributed by atoms with Gasteiger partial charge in [-0.15, -0.1) is 0 Å². The number of rotatable bonds is 2. The Balaban J connectivity index is 1.78. The summed E-state index contributed by atoms with van der Waals surface area (Å²) < 4.78 is 14.3. The van der Waals surface area contributed by atoms with Crippen molar-refractivity contribution in [1.82, 2.24) is 15.8 Å². The molecule has 6 nitrogen and oxygen atoms in total. The van der Waals surface area contributed by atoms with E-state index in [1.807, 2.05) is 6.07 Å². The van der Waals surface area contributed by atoms with Crippen LogP contribution in [0.15, 0.2) is 23.2 Å². The van der Waals surface area contributed by atoms with Gasteiger partial charge in [-0.25, -0.2) is 4.39 Å². The molecule has 7 heteroatoms. The largest absolute Gasteiger partial charge is 0.367 e. The second-order valence-corrected chi connectivity index (χ2v) is 5.29. The van der Waals surface area contributed by atoms with Crippen LogP contribution in [0.25, 0.3) is 0 Å². The van der Waals surface area contributed by atoms with Crippen molar-refractivity contribution in [2.45, 2.75) is 0 Å². The van der Waals surface area contributed by atoms with Crippen LogP contribution in [0.3, 0.4) is 0 Å². The molecule has 1 amide bonds. The molecule has 1 fully saturated rings. The fourth-order valence-corrected chi connectivity index (χ4v) is 2.48. The zero-order valence-electron chi connectivity index (χ0n) is 11.9. The van der Waals surface area contributed by atoms with Crippen molar-refractivity contribution >= 4 is 17.4 Å². The third-order valence-electron chi connectivity index (χ3n) is 3.77. The second-order valence-electron chi connectivity index (χ2n) is 5.29. The summed E-state index contributed by atoms with van der Waals surface area (Å²) in [6.45, 7) is 3.57. The standard InChI is InChI=1S/C14H18FN5O/c1-19-4-6-20(7-5-19)12-3-2-10(8-11(12)15)14-16-9-13(21)17-18-14/h2-3,8H,4-7,9H2,1H3,(H,16,18)(H,17,21). The van der Waals surface area contributed by atoms with Crippen molar-refractivity contribution in [3.63, 3.8) is 0 Å². The van der Waals surface area contributed by atoms with Crippen LogP contribution >= 0.6 is 0 Å². The quantitative estimate of drug-likeness (QED) is 0.803. The Hall–Kier alpha value is -2.15. The number of piperazine rings is 1. The van der Waals surface area contributed by atoms with Gasteiger partial charge in [0.2, 0.25) is 0 Å². The van der Waals surface area contributed by atoms with Crippen molar-refractivity contribution in [2.75, 3.05) is 44.7 Å². The van der Waals surface area contributed by atoms with Gasteiger partial charge in [-0.2, -0.15) is 0 Å². The minimum Gasteiger partial charge on any atom is -0.367 e. The summed E-state index contributed by atoms with van der Waals surface area (Å²) in [5.74, 6) is 0.0187. The topological polar surface area (TPSA) is 60.0 Å². The maximum absolute atomic E-state index is 14.3. The molecule has 1 aromatic carbocycles. The average Bonchev–Trinajstić information content (AvgIpc) is 2.49. The van der Waals surface area contributed by atoms with Gasteiger partial charge in [0.25, 0.3) is 5.91 Å². The summed E-state index contributed by atoms with van der Waals surface area (Å²) in [5, 5.41) is 0. The number of amides is 1. The van der Waals surface area contributed by atoms with E-state index in [-0.39, 0.29) is 18.3 Å². The summed E-state index contributed by atoms with van der Waals surface area (Å²) in [6.07, 6.45) is 0. The molecule has 0 aromatic heterocycles. The van der Waals surface area contributed by atoms with Crippen molar-refractivity contribution < 1.29 is 9.18 Å². The maximum atomic E-state index is 14.3. The number of amidine groups is 1. The van der Waals surface area contributed by atoms with Gasteiger partial charge in [0.15, 0.2) is 0 Å². The number of hydrogen-bond acceptors (Lipinski definition) is 5. The molecule has 0 atom stereocenters. The van der Waals surface area contributed by atoms with E-state index in [0.29, 0.717) is 17.1 Å². The lowest BCUT2D eigenvalue weighted by atomic mass is 10.1. The van der Waals surface area contributed by atoms with E-state index in [1.165, 1.54) is 6.07 Å². The average molecular weight is 291 g/mol. The molecule has 2 heterocycles. The van der Waals surface area contributed by atoms with Crippen molar-refractivity contribution in [2.24, 2.45) is 4.99 Å². The monoisotopic (exact) mass is 291 g/mol. The Morgan fingerprint density at radius 2 is 1.95 bits per heavy atom. The van der Waals surface area contributed by atoms with Crippen molar-refractivity contribution in [1.29, 1.82) is 0 Å². The van der Waals surface area contributed by atoms with E-state index in [4.69, 9.17) is 0 Å². The van der Waals surface area contributed by atoms with Crippen LogP contribution in [-0.4, -0.2) is 56.4 Å². The number of nitrogens with one attached hydrogen (secondary N) is 2. The smallest absolute Gasteiger partial charge is 0.260 e. The van der Waals surface area contributed by atoms with E-state index in [9.17, 15) is 9.18 Å². The van der Waals surface area contributed by atoms with Crippen LogP contribution in [0.4, 0.5) is 10.1 Å². The molecule has 0 bridgehead atoms. The molecule has 21 heavy (non-hydrogen) atoms. The van der Waals surface area contributed by atoms with Gasteiger partial charge in [-0.1, -0.05) is 0 Å². The molecular formula is C14H18FN5O. The van der Waals surface area contributed by atoms with Gasteiger partial charge in [-0.3, -0.25) is 20.6 Å². The Bertz CT molecular complexity index is 581. The molecule has 0 aliphatic carbocycles. The molecule has 0 saturated carbocycles. The summed E-state index contributed by atoms with van der Waals surface area (Å²) in [4.78, 5) is 19.4. The van der Waals surface area contributed by atoms with E-state index >= 15 is 0 Å². The number of anilines is 1. The predicted octanol–water partition coefficient (Wildman–Crippen LogP) is -0.0415. The normalized spacial score (nSPS) is 19.8. The van der Waals surface area contributed by atoms with Gasteiger partial charge in [0, 0.05) is 31.7 Å². The molecule has 1 saturated heterocycles. The minimum atomic E-state index is -0.265.